The van der Waals surface area contributed by atoms with E-state index in [0.29, 0.717) is 6.54 Å². The molecule has 3 amide bonds. The van der Waals surface area contributed by atoms with Gasteiger partial charge in [0.05, 0.1) is 6.54 Å². The van der Waals surface area contributed by atoms with Gasteiger partial charge in [-0.2, -0.15) is 0 Å². The highest BCUT2D eigenvalue weighted by Gasteiger charge is 2.37. The molecule has 1 aromatic rings. The maximum atomic E-state index is 12.0. The van der Waals surface area contributed by atoms with E-state index in [1.807, 2.05) is 30.3 Å². The van der Waals surface area contributed by atoms with Crippen LogP contribution >= 0.6 is 0 Å². The highest BCUT2D eigenvalue weighted by Crippen LogP contribution is 2.16. The fourth-order valence-corrected chi connectivity index (χ4v) is 2.05. The minimum absolute atomic E-state index is 0.00801. The van der Waals surface area contributed by atoms with Crippen molar-refractivity contribution in [2.75, 3.05) is 13.2 Å². The van der Waals surface area contributed by atoms with Gasteiger partial charge in [-0.25, -0.2) is 4.79 Å². The number of nitrogens with two attached hydrogens (primary N) is 1. The van der Waals surface area contributed by atoms with Crippen LogP contribution in [-0.2, 0) is 20.9 Å². The Hall–Kier alpha value is -2.57. The third-order valence-electron chi connectivity index (χ3n) is 3.14. The predicted molar refractivity (Wildman–Crippen MR) is 73.9 cm³/mol. The second-order valence-corrected chi connectivity index (χ2v) is 4.71. The Kier molecular flexibility index (Phi) is 4.76. The van der Waals surface area contributed by atoms with Gasteiger partial charge in [-0.3, -0.25) is 14.5 Å². The molecule has 0 radical (unpaired) electrons. The Bertz CT molecular complexity index is 532. The molecule has 7 nitrogen and oxygen atoms in total. The molecule has 2 rings (SSSR count). The summed E-state index contributed by atoms with van der Waals surface area (Å²) >= 11 is 0. The van der Waals surface area contributed by atoms with Crippen molar-refractivity contribution in [2.45, 2.75) is 19.0 Å². The van der Waals surface area contributed by atoms with Gasteiger partial charge in [0.15, 0.2) is 0 Å². The van der Waals surface area contributed by atoms with Crippen molar-refractivity contribution in [2.24, 2.45) is 5.73 Å². The summed E-state index contributed by atoms with van der Waals surface area (Å²) in [5.41, 5.74) is 5.91. The Morgan fingerprint density at radius 1 is 1.33 bits per heavy atom. The minimum Gasteiger partial charge on any atom is -0.447 e. The van der Waals surface area contributed by atoms with Crippen molar-refractivity contribution in [3.8, 4) is 0 Å². The number of hydrogen-bond donors (Lipinski definition) is 2. The highest BCUT2D eigenvalue weighted by molar-refractivity contribution is 5.88. The number of hydrogen-bond acceptors (Lipinski definition) is 4. The molecule has 1 saturated heterocycles. The SMILES string of the molecule is NC(=O)CCNC(=O)[C@@H]1COC(=O)N1Cc1ccccc1. The Morgan fingerprint density at radius 2 is 2.05 bits per heavy atom. The number of ether oxygens (including phenoxy) is 1. The van der Waals surface area contributed by atoms with E-state index in [1.54, 1.807) is 0 Å². The lowest BCUT2D eigenvalue weighted by Crippen LogP contribution is -2.46. The third kappa shape index (κ3) is 3.95. The molecule has 1 aliphatic rings. The van der Waals surface area contributed by atoms with Crippen molar-refractivity contribution < 1.29 is 19.1 Å². The number of rotatable bonds is 6. The average Bonchev–Trinajstić information content (AvgIpc) is 2.81. The van der Waals surface area contributed by atoms with Crippen LogP contribution in [0.1, 0.15) is 12.0 Å². The van der Waals surface area contributed by atoms with Crippen LogP contribution in [0, 0.1) is 0 Å². The number of primary amides is 1. The Balaban J connectivity index is 1.96. The summed E-state index contributed by atoms with van der Waals surface area (Å²) in [6.45, 7) is 0.458. The lowest BCUT2D eigenvalue weighted by Gasteiger charge is -2.20. The second-order valence-electron chi connectivity index (χ2n) is 4.71. The highest BCUT2D eigenvalue weighted by atomic mass is 16.6. The molecular weight excluding hydrogens is 274 g/mol. The first-order chi connectivity index (χ1) is 10.1. The zero-order valence-corrected chi connectivity index (χ0v) is 11.5. The number of carbonyl (C=O) groups excluding carboxylic acids is 3. The van der Waals surface area contributed by atoms with Crippen LogP contribution in [0.3, 0.4) is 0 Å². The molecule has 1 fully saturated rings. The smallest absolute Gasteiger partial charge is 0.410 e. The Labute approximate surface area is 122 Å². The molecule has 0 aliphatic carbocycles. The average molecular weight is 291 g/mol. The van der Waals surface area contributed by atoms with E-state index in [0.717, 1.165) is 5.56 Å². The molecule has 21 heavy (non-hydrogen) atoms. The van der Waals surface area contributed by atoms with Gasteiger partial charge in [0, 0.05) is 13.0 Å². The summed E-state index contributed by atoms with van der Waals surface area (Å²) in [4.78, 5) is 35.8. The lowest BCUT2D eigenvalue weighted by atomic mass is 10.2. The van der Waals surface area contributed by atoms with Crippen LogP contribution in [0.25, 0.3) is 0 Å². The van der Waals surface area contributed by atoms with Gasteiger partial charge < -0.3 is 15.8 Å². The topological polar surface area (TPSA) is 102 Å². The second kappa shape index (κ2) is 6.74. The molecule has 1 aromatic carbocycles. The molecule has 0 unspecified atom stereocenters. The monoisotopic (exact) mass is 291 g/mol. The summed E-state index contributed by atoms with van der Waals surface area (Å²) in [7, 11) is 0. The van der Waals surface area contributed by atoms with Crippen LogP contribution in [0.5, 0.6) is 0 Å². The van der Waals surface area contributed by atoms with E-state index in [4.69, 9.17) is 10.5 Å². The number of nitrogens with zero attached hydrogens (tertiary/aromatic N) is 1. The van der Waals surface area contributed by atoms with Crippen molar-refractivity contribution in [3.05, 3.63) is 35.9 Å². The Morgan fingerprint density at radius 3 is 2.71 bits per heavy atom. The molecule has 3 N–H and O–H groups in total. The maximum Gasteiger partial charge on any atom is 0.410 e. The lowest BCUT2D eigenvalue weighted by molar-refractivity contribution is -0.125. The van der Waals surface area contributed by atoms with E-state index in [2.05, 4.69) is 5.32 Å². The summed E-state index contributed by atoms with van der Waals surface area (Å²) in [6, 6.07) is 8.64. The van der Waals surface area contributed by atoms with Crippen molar-refractivity contribution in [1.82, 2.24) is 10.2 Å². The van der Waals surface area contributed by atoms with Crippen molar-refractivity contribution in [1.29, 1.82) is 0 Å². The maximum absolute atomic E-state index is 12.0. The third-order valence-corrected chi connectivity index (χ3v) is 3.14. The fraction of sp³-hybridized carbons (Fsp3) is 0.357. The standard InChI is InChI=1S/C14H17N3O4/c15-12(18)6-7-16-13(19)11-9-21-14(20)17(11)8-10-4-2-1-3-5-10/h1-5,11H,6-9H2,(H2,15,18)(H,16,19)/t11-/m0/s1. The van der Waals surface area contributed by atoms with Gasteiger partial charge in [-0.05, 0) is 5.56 Å². The molecule has 1 atom stereocenters. The molecule has 0 aromatic heterocycles. The van der Waals surface area contributed by atoms with E-state index < -0.39 is 18.0 Å². The van der Waals surface area contributed by atoms with E-state index >= 15 is 0 Å². The molecule has 1 aliphatic heterocycles. The van der Waals surface area contributed by atoms with Crippen LogP contribution < -0.4 is 11.1 Å². The van der Waals surface area contributed by atoms with Gasteiger partial charge in [-0.15, -0.1) is 0 Å². The molecule has 0 saturated carbocycles. The molecule has 1 heterocycles. The number of carbonyl (C=O) groups is 3. The van der Waals surface area contributed by atoms with Gasteiger partial charge in [0.25, 0.3) is 0 Å². The quantitative estimate of drug-likeness (QED) is 0.770. The number of benzene rings is 1. The van der Waals surface area contributed by atoms with Gasteiger partial charge in [0.1, 0.15) is 12.6 Å². The molecule has 0 spiro atoms. The number of amides is 3. The minimum atomic E-state index is -0.689. The molecule has 0 bridgehead atoms. The zero-order chi connectivity index (χ0) is 15.2. The molecular formula is C14H17N3O4. The van der Waals surface area contributed by atoms with Gasteiger partial charge in [0.2, 0.25) is 11.8 Å². The fourth-order valence-electron chi connectivity index (χ4n) is 2.05. The van der Waals surface area contributed by atoms with Crippen LogP contribution in [-0.4, -0.2) is 42.0 Å². The van der Waals surface area contributed by atoms with Crippen molar-refractivity contribution >= 4 is 17.9 Å². The first-order valence-electron chi connectivity index (χ1n) is 6.61. The molecule has 7 heteroatoms. The van der Waals surface area contributed by atoms with Gasteiger partial charge in [-0.1, -0.05) is 30.3 Å². The summed E-state index contributed by atoms with van der Waals surface area (Å²) < 4.78 is 4.93. The van der Waals surface area contributed by atoms with Crippen molar-refractivity contribution in [3.63, 3.8) is 0 Å². The van der Waals surface area contributed by atoms with E-state index in [9.17, 15) is 14.4 Å². The molecule has 112 valence electrons. The zero-order valence-electron chi connectivity index (χ0n) is 11.5. The van der Waals surface area contributed by atoms with E-state index in [-0.39, 0.29) is 25.5 Å². The normalized spacial score (nSPS) is 17.4. The van der Waals surface area contributed by atoms with Crippen LogP contribution in [0.15, 0.2) is 30.3 Å². The number of nitrogens with one attached hydrogen (secondary N) is 1. The van der Waals surface area contributed by atoms with E-state index in [1.165, 1.54) is 4.90 Å². The largest absolute Gasteiger partial charge is 0.447 e. The predicted octanol–water partition coefficient (Wildman–Crippen LogP) is -0.001000. The summed E-state index contributed by atoms with van der Waals surface area (Å²) in [6.07, 6.45) is -0.458. The summed E-state index contributed by atoms with van der Waals surface area (Å²) in [5, 5.41) is 2.58. The first-order valence-corrected chi connectivity index (χ1v) is 6.61. The van der Waals surface area contributed by atoms with Crippen LogP contribution in [0.4, 0.5) is 4.79 Å². The summed E-state index contributed by atoms with van der Waals surface area (Å²) in [5.74, 6) is -0.840. The van der Waals surface area contributed by atoms with Gasteiger partial charge >= 0.3 is 6.09 Å². The first kappa shape index (κ1) is 14.8. The van der Waals surface area contributed by atoms with Crippen LogP contribution in [0.2, 0.25) is 0 Å². The number of cyclic esters (lactones) is 1.